The van der Waals surface area contributed by atoms with E-state index in [0.29, 0.717) is 19.4 Å². The quantitative estimate of drug-likeness (QED) is 0.689. The number of nitrogens with one attached hydrogen (secondary N) is 1. The molecule has 4 nitrogen and oxygen atoms in total. The van der Waals surface area contributed by atoms with Crippen LogP contribution < -0.4 is 14.8 Å². The Balaban J connectivity index is 1.31. The Kier molecular flexibility index (Phi) is 5.24. The molecule has 5 heteroatoms. The summed E-state index contributed by atoms with van der Waals surface area (Å²) in [7, 11) is 0. The largest absolute Gasteiger partial charge is 0.454 e. The van der Waals surface area contributed by atoms with Crippen LogP contribution in [0.1, 0.15) is 17.5 Å². The molecule has 0 bridgehead atoms. The molecule has 1 aliphatic rings. The van der Waals surface area contributed by atoms with Crippen LogP contribution in [-0.4, -0.2) is 12.7 Å². The molecular formula is C23H20FNO3. The van der Waals surface area contributed by atoms with E-state index < -0.39 is 0 Å². The van der Waals surface area contributed by atoms with Gasteiger partial charge in [0.05, 0.1) is 0 Å². The summed E-state index contributed by atoms with van der Waals surface area (Å²) in [6.45, 7) is 0.700. The average molecular weight is 377 g/mol. The topological polar surface area (TPSA) is 47.6 Å². The zero-order valence-electron chi connectivity index (χ0n) is 15.3. The predicted octanol–water partition coefficient (Wildman–Crippen LogP) is 4.47. The number of halogens is 1. The van der Waals surface area contributed by atoms with E-state index in [0.717, 1.165) is 33.8 Å². The molecule has 1 heterocycles. The lowest BCUT2D eigenvalue weighted by Gasteiger charge is -2.08. The minimum atomic E-state index is -0.255. The fourth-order valence-electron chi connectivity index (χ4n) is 3.15. The molecule has 3 aromatic rings. The first kappa shape index (κ1) is 18.0. The van der Waals surface area contributed by atoms with E-state index >= 15 is 0 Å². The van der Waals surface area contributed by atoms with Crippen LogP contribution in [0.5, 0.6) is 11.5 Å². The number of rotatable bonds is 6. The molecule has 0 radical (unpaired) electrons. The van der Waals surface area contributed by atoms with Crippen molar-refractivity contribution in [2.24, 2.45) is 0 Å². The summed E-state index contributed by atoms with van der Waals surface area (Å²) in [4.78, 5) is 12.2. The highest BCUT2D eigenvalue weighted by Gasteiger charge is 2.13. The van der Waals surface area contributed by atoms with Gasteiger partial charge in [-0.2, -0.15) is 0 Å². The van der Waals surface area contributed by atoms with E-state index in [-0.39, 0.29) is 18.5 Å². The highest BCUT2D eigenvalue weighted by atomic mass is 19.1. The number of fused-ring (bicyclic) bond motifs is 1. The predicted molar refractivity (Wildman–Crippen MR) is 105 cm³/mol. The van der Waals surface area contributed by atoms with Gasteiger partial charge in [-0.05, 0) is 59.0 Å². The monoisotopic (exact) mass is 377 g/mol. The summed E-state index contributed by atoms with van der Waals surface area (Å²) in [6.07, 6.45) is 1.04. The van der Waals surface area contributed by atoms with Gasteiger partial charge >= 0.3 is 0 Å². The standard InChI is InChI=1S/C23H20FNO3/c24-20-8-6-18(7-9-20)19-3-1-2-17(12-19)14-25-23(26)11-5-16-4-10-21-22(13-16)28-15-27-21/h1-4,6-10,12-13H,5,11,14-15H2,(H,25,26). The van der Waals surface area contributed by atoms with Crippen molar-refractivity contribution in [3.63, 3.8) is 0 Å². The summed E-state index contributed by atoms with van der Waals surface area (Å²) >= 11 is 0. The average Bonchev–Trinajstić information content (AvgIpc) is 3.19. The number of aryl methyl sites for hydroxylation is 1. The number of benzene rings is 3. The number of carbonyl (C=O) groups is 1. The SMILES string of the molecule is O=C(CCc1ccc2c(c1)OCO2)NCc1cccc(-c2ccc(F)cc2)c1. The Hall–Kier alpha value is -3.34. The number of carbonyl (C=O) groups excluding carboxylic acids is 1. The van der Waals surface area contributed by atoms with E-state index in [1.54, 1.807) is 12.1 Å². The molecule has 4 rings (SSSR count). The van der Waals surface area contributed by atoms with Crippen LogP contribution in [0.15, 0.2) is 66.7 Å². The van der Waals surface area contributed by atoms with Gasteiger partial charge in [-0.15, -0.1) is 0 Å². The first-order chi connectivity index (χ1) is 13.7. The molecule has 0 saturated heterocycles. The number of amides is 1. The van der Waals surface area contributed by atoms with E-state index in [1.165, 1.54) is 12.1 Å². The second-order valence-electron chi connectivity index (χ2n) is 6.67. The van der Waals surface area contributed by atoms with E-state index in [2.05, 4.69) is 5.32 Å². The van der Waals surface area contributed by atoms with Gasteiger partial charge in [-0.1, -0.05) is 36.4 Å². The van der Waals surface area contributed by atoms with Crippen molar-refractivity contribution in [3.05, 3.63) is 83.7 Å². The maximum atomic E-state index is 13.1. The Labute approximate surface area is 162 Å². The maximum Gasteiger partial charge on any atom is 0.231 e. The van der Waals surface area contributed by atoms with Gasteiger partial charge in [0.1, 0.15) is 5.82 Å². The molecule has 0 unspecified atom stereocenters. The molecule has 1 amide bonds. The van der Waals surface area contributed by atoms with Crippen molar-refractivity contribution < 1.29 is 18.7 Å². The molecular weight excluding hydrogens is 357 g/mol. The van der Waals surface area contributed by atoms with Crippen LogP contribution >= 0.6 is 0 Å². The fourth-order valence-corrected chi connectivity index (χ4v) is 3.15. The molecule has 1 aliphatic heterocycles. The molecule has 0 saturated carbocycles. The lowest BCUT2D eigenvalue weighted by atomic mass is 10.0. The molecule has 0 aromatic heterocycles. The zero-order valence-corrected chi connectivity index (χ0v) is 15.3. The third kappa shape index (κ3) is 4.31. The van der Waals surface area contributed by atoms with Gasteiger partial charge in [0.2, 0.25) is 12.7 Å². The van der Waals surface area contributed by atoms with Gasteiger partial charge in [-0.3, -0.25) is 4.79 Å². The molecule has 0 atom stereocenters. The van der Waals surface area contributed by atoms with Crippen molar-refractivity contribution in [3.8, 4) is 22.6 Å². The molecule has 1 N–H and O–H groups in total. The summed E-state index contributed by atoms with van der Waals surface area (Å²) in [5.41, 5.74) is 3.97. The van der Waals surface area contributed by atoms with Crippen LogP contribution in [-0.2, 0) is 17.8 Å². The summed E-state index contributed by atoms with van der Waals surface area (Å²) in [5.74, 6) is 1.21. The van der Waals surface area contributed by atoms with Crippen molar-refractivity contribution in [2.45, 2.75) is 19.4 Å². The lowest BCUT2D eigenvalue weighted by Crippen LogP contribution is -2.23. The Morgan fingerprint density at radius 1 is 0.893 bits per heavy atom. The van der Waals surface area contributed by atoms with Crippen LogP contribution in [0.25, 0.3) is 11.1 Å². The van der Waals surface area contributed by atoms with Gasteiger partial charge in [0.15, 0.2) is 11.5 Å². The van der Waals surface area contributed by atoms with Gasteiger partial charge < -0.3 is 14.8 Å². The van der Waals surface area contributed by atoms with Crippen molar-refractivity contribution in [2.75, 3.05) is 6.79 Å². The first-order valence-electron chi connectivity index (χ1n) is 9.17. The number of ether oxygens (including phenoxy) is 2. The van der Waals surface area contributed by atoms with E-state index in [4.69, 9.17) is 9.47 Å². The summed E-state index contributed by atoms with van der Waals surface area (Å²) < 4.78 is 23.7. The third-order valence-electron chi connectivity index (χ3n) is 4.67. The molecule has 0 spiro atoms. The Morgan fingerprint density at radius 3 is 2.57 bits per heavy atom. The van der Waals surface area contributed by atoms with Gasteiger partial charge in [0, 0.05) is 13.0 Å². The highest BCUT2D eigenvalue weighted by molar-refractivity contribution is 5.76. The Morgan fingerprint density at radius 2 is 1.71 bits per heavy atom. The number of hydrogen-bond donors (Lipinski definition) is 1. The van der Waals surface area contributed by atoms with Gasteiger partial charge in [-0.25, -0.2) is 4.39 Å². The minimum Gasteiger partial charge on any atom is -0.454 e. The third-order valence-corrected chi connectivity index (χ3v) is 4.67. The highest BCUT2D eigenvalue weighted by Crippen LogP contribution is 2.32. The molecule has 142 valence electrons. The molecule has 0 fully saturated rings. The molecule has 3 aromatic carbocycles. The number of hydrogen-bond acceptors (Lipinski definition) is 3. The van der Waals surface area contributed by atoms with Crippen molar-refractivity contribution in [1.29, 1.82) is 0 Å². The van der Waals surface area contributed by atoms with E-state index in [9.17, 15) is 9.18 Å². The van der Waals surface area contributed by atoms with Crippen LogP contribution in [0, 0.1) is 5.82 Å². The zero-order chi connectivity index (χ0) is 19.3. The van der Waals surface area contributed by atoms with E-state index in [1.807, 2.05) is 42.5 Å². The summed E-state index contributed by atoms with van der Waals surface area (Å²) in [6, 6.07) is 20.0. The smallest absolute Gasteiger partial charge is 0.231 e. The normalized spacial score (nSPS) is 12.0. The summed E-state index contributed by atoms with van der Waals surface area (Å²) in [5, 5.41) is 2.95. The van der Waals surface area contributed by atoms with Crippen molar-refractivity contribution >= 4 is 5.91 Å². The first-order valence-corrected chi connectivity index (χ1v) is 9.17. The molecule has 28 heavy (non-hydrogen) atoms. The maximum absolute atomic E-state index is 13.1. The van der Waals surface area contributed by atoms with Crippen LogP contribution in [0.4, 0.5) is 4.39 Å². The van der Waals surface area contributed by atoms with Crippen LogP contribution in [0.3, 0.4) is 0 Å². The van der Waals surface area contributed by atoms with Crippen LogP contribution in [0.2, 0.25) is 0 Å². The second-order valence-corrected chi connectivity index (χ2v) is 6.67. The van der Waals surface area contributed by atoms with Gasteiger partial charge in [0.25, 0.3) is 0 Å². The fraction of sp³-hybridized carbons (Fsp3) is 0.174. The van der Waals surface area contributed by atoms with Crippen molar-refractivity contribution in [1.82, 2.24) is 5.32 Å². The Bertz CT molecular complexity index is 985. The molecule has 0 aliphatic carbocycles. The lowest BCUT2D eigenvalue weighted by molar-refractivity contribution is -0.121. The minimum absolute atomic E-state index is 0.00940. The second kappa shape index (κ2) is 8.13.